The minimum absolute atomic E-state index is 0.0179. The van der Waals surface area contributed by atoms with Crippen LogP contribution in [0, 0.1) is 13.8 Å². The summed E-state index contributed by atoms with van der Waals surface area (Å²) in [7, 11) is 0. The van der Waals surface area contributed by atoms with Crippen molar-refractivity contribution in [2.75, 3.05) is 6.54 Å². The first-order chi connectivity index (χ1) is 12.5. The molecule has 1 saturated carbocycles. The SMILES string of the molecule is Cc1noc(C)c1CN1CCc2c(C(=O)NC3(C)CCCC3)csc2C1. The summed E-state index contributed by atoms with van der Waals surface area (Å²) in [6.45, 7) is 8.88. The van der Waals surface area contributed by atoms with E-state index in [1.807, 2.05) is 13.8 Å². The molecule has 6 heteroatoms. The highest BCUT2D eigenvalue weighted by Gasteiger charge is 2.32. The van der Waals surface area contributed by atoms with Crippen molar-refractivity contribution in [1.29, 1.82) is 0 Å². The van der Waals surface area contributed by atoms with Gasteiger partial charge < -0.3 is 9.84 Å². The molecule has 2 aromatic rings. The molecule has 0 spiro atoms. The summed E-state index contributed by atoms with van der Waals surface area (Å²) in [4.78, 5) is 16.6. The molecular formula is C20H27N3O2S. The van der Waals surface area contributed by atoms with Crippen molar-refractivity contribution >= 4 is 17.2 Å². The maximum atomic E-state index is 12.8. The number of hydrogen-bond donors (Lipinski definition) is 1. The summed E-state index contributed by atoms with van der Waals surface area (Å²) in [6.07, 6.45) is 5.55. The summed E-state index contributed by atoms with van der Waals surface area (Å²) in [5.74, 6) is 1.02. The lowest BCUT2D eigenvalue weighted by atomic mass is 9.98. The van der Waals surface area contributed by atoms with Gasteiger partial charge in [-0.05, 0) is 45.6 Å². The van der Waals surface area contributed by atoms with Crippen LogP contribution in [-0.4, -0.2) is 28.0 Å². The predicted octanol–water partition coefficient (Wildman–Crippen LogP) is 3.97. The normalized spacial score (nSPS) is 19.5. The van der Waals surface area contributed by atoms with E-state index in [1.54, 1.807) is 11.3 Å². The van der Waals surface area contributed by atoms with Gasteiger partial charge in [0.15, 0.2) is 0 Å². The first-order valence-electron chi connectivity index (χ1n) is 9.51. The molecule has 2 aliphatic rings. The number of thiophene rings is 1. The lowest BCUT2D eigenvalue weighted by Crippen LogP contribution is -2.44. The summed E-state index contributed by atoms with van der Waals surface area (Å²) in [5.41, 5.74) is 4.30. The molecule has 0 radical (unpaired) electrons. The Hall–Kier alpha value is -1.66. The Morgan fingerprint density at radius 3 is 2.85 bits per heavy atom. The Kier molecular flexibility index (Phi) is 4.65. The molecule has 0 atom stereocenters. The monoisotopic (exact) mass is 373 g/mol. The van der Waals surface area contributed by atoms with Crippen molar-refractivity contribution in [3.63, 3.8) is 0 Å². The molecule has 2 aromatic heterocycles. The summed E-state index contributed by atoms with van der Waals surface area (Å²) in [5, 5.41) is 9.41. The number of rotatable bonds is 4. The van der Waals surface area contributed by atoms with E-state index < -0.39 is 0 Å². The zero-order valence-electron chi connectivity index (χ0n) is 15.9. The van der Waals surface area contributed by atoms with Gasteiger partial charge in [0.2, 0.25) is 0 Å². The lowest BCUT2D eigenvalue weighted by Gasteiger charge is -2.28. The molecule has 140 valence electrons. The van der Waals surface area contributed by atoms with Crippen LogP contribution in [0.1, 0.15) is 70.4 Å². The Labute approximate surface area is 158 Å². The molecule has 1 amide bonds. The van der Waals surface area contributed by atoms with Gasteiger partial charge >= 0.3 is 0 Å². The highest BCUT2D eigenvalue weighted by atomic mass is 32.1. The molecule has 1 aliphatic carbocycles. The fourth-order valence-corrected chi connectivity index (χ4v) is 5.40. The van der Waals surface area contributed by atoms with Crippen LogP contribution >= 0.6 is 11.3 Å². The first-order valence-corrected chi connectivity index (χ1v) is 10.4. The summed E-state index contributed by atoms with van der Waals surface area (Å²) in [6, 6.07) is 0. The Bertz CT molecular complexity index is 798. The largest absolute Gasteiger partial charge is 0.361 e. The van der Waals surface area contributed by atoms with Gasteiger partial charge in [-0.1, -0.05) is 18.0 Å². The highest BCUT2D eigenvalue weighted by Crippen LogP contribution is 2.32. The Balaban J connectivity index is 1.46. The molecule has 0 aromatic carbocycles. The third kappa shape index (κ3) is 3.32. The van der Waals surface area contributed by atoms with E-state index in [0.717, 1.165) is 55.9 Å². The van der Waals surface area contributed by atoms with Crippen LogP contribution in [0.3, 0.4) is 0 Å². The van der Waals surface area contributed by atoms with Gasteiger partial charge in [0, 0.05) is 41.0 Å². The predicted molar refractivity (Wildman–Crippen MR) is 102 cm³/mol. The lowest BCUT2D eigenvalue weighted by molar-refractivity contribution is 0.0906. The van der Waals surface area contributed by atoms with Crippen LogP contribution in [0.15, 0.2) is 9.90 Å². The quantitative estimate of drug-likeness (QED) is 0.881. The van der Waals surface area contributed by atoms with Gasteiger partial charge in [0.05, 0.1) is 11.3 Å². The Morgan fingerprint density at radius 1 is 1.38 bits per heavy atom. The van der Waals surface area contributed by atoms with Gasteiger partial charge in [-0.3, -0.25) is 9.69 Å². The van der Waals surface area contributed by atoms with Gasteiger partial charge in [-0.15, -0.1) is 11.3 Å². The number of carbonyl (C=O) groups excluding carboxylic acids is 1. The second-order valence-electron chi connectivity index (χ2n) is 8.04. The average molecular weight is 374 g/mol. The standard InChI is InChI=1S/C20H27N3O2S/c1-13-16(14(2)25-22-13)10-23-9-6-15-17(12-26-18(15)11-23)19(24)21-20(3)7-4-5-8-20/h12H,4-11H2,1-3H3,(H,21,24). The fraction of sp³-hybridized carbons (Fsp3) is 0.600. The molecule has 3 heterocycles. The van der Waals surface area contributed by atoms with Gasteiger partial charge in [0.1, 0.15) is 5.76 Å². The number of aromatic nitrogens is 1. The van der Waals surface area contributed by atoms with E-state index in [2.05, 4.69) is 27.7 Å². The van der Waals surface area contributed by atoms with Crippen molar-refractivity contribution in [3.05, 3.63) is 38.4 Å². The van der Waals surface area contributed by atoms with E-state index in [-0.39, 0.29) is 11.4 Å². The molecule has 5 nitrogen and oxygen atoms in total. The Morgan fingerprint density at radius 2 is 2.15 bits per heavy atom. The number of nitrogens with one attached hydrogen (secondary N) is 1. The zero-order chi connectivity index (χ0) is 18.3. The molecule has 0 saturated heterocycles. The molecule has 0 bridgehead atoms. The van der Waals surface area contributed by atoms with E-state index in [1.165, 1.54) is 28.8 Å². The molecule has 1 fully saturated rings. The van der Waals surface area contributed by atoms with Crippen LogP contribution in [0.5, 0.6) is 0 Å². The van der Waals surface area contributed by atoms with Crippen molar-refractivity contribution < 1.29 is 9.32 Å². The van der Waals surface area contributed by atoms with Crippen LogP contribution in [-0.2, 0) is 19.5 Å². The van der Waals surface area contributed by atoms with Gasteiger partial charge in [-0.2, -0.15) is 0 Å². The number of amides is 1. The highest BCUT2D eigenvalue weighted by molar-refractivity contribution is 7.10. The number of nitrogens with zero attached hydrogens (tertiary/aromatic N) is 2. The molecular weight excluding hydrogens is 346 g/mol. The zero-order valence-corrected chi connectivity index (χ0v) is 16.7. The molecule has 0 unspecified atom stereocenters. The molecule has 4 rings (SSSR count). The van der Waals surface area contributed by atoms with Crippen LogP contribution < -0.4 is 5.32 Å². The molecule has 26 heavy (non-hydrogen) atoms. The number of fused-ring (bicyclic) bond motifs is 1. The summed E-state index contributed by atoms with van der Waals surface area (Å²) < 4.78 is 5.29. The van der Waals surface area contributed by atoms with E-state index in [4.69, 9.17) is 4.52 Å². The van der Waals surface area contributed by atoms with E-state index in [9.17, 15) is 4.79 Å². The van der Waals surface area contributed by atoms with Gasteiger partial charge in [0.25, 0.3) is 5.91 Å². The number of aryl methyl sites for hydroxylation is 2. The molecule has 1 aliphatic heterocycles. The maximum Gasteiger partial charge on any atom is 0.252 e. The van der Waals surface area contributed by atoms with Crippen molar-refractivity contribution in [2.24, 2.45) is 0 Å². The topological polar surface area (TPSA) is 58.4 Å². The third-order valence-electron chi connectivity index (χ3n) is 5.96. The number of carbonyl (C=O) groups is 1. The van der Waals surface area contributed by atoms with E-state index >= 15 is 0 Å². The van der Waals surface area contributed by atoms with Crippen LogP contribution in [0.4, 0.5) is 0 Å². The van der Waals surface area contributed by atoms with E-state index in [0.29, 0.717) is 0 Å². The summed E-state index contributed by atoms with van der Waals surface area (Å²) >= 11 is 1.72. The number of hydrogen-bond acceptors (Lipinski definition) is 5. The van der Waals surface area contributed by atoms with Crippen LogP contribution in [0.2, 0.25) is 0 Å². The average Bonchev–Trinajstić information content (AvgIpc) is 3.30. The van der Waals surface area contributed by atoms with Crippen molar-refractivity contribution in [3.8, 4) is 0 Å². The first kappa shape index (κ1) is 17.7. The minimum atomic E-state index is -0.0179. The maximum absolute atomic E-state index is 12.8. The van der Waals surface area contributed by atoms with Gasteiger partial charge in [-0.25, -0.2) is 0 Å². The second kappa shape index (κ2) is 6.82. The fourth-order valence-electron chi connectivity index (χ4n) is 4.28. The second-order valence-corrected chi connectivity index (χ2v) is 9.00. The molecule has 1 N–H and O–H groups in total. The van der Waals surface area contributed by atoms with Crippen LogP contribution in [0.25, 0.3) is 0 Å². The third-order valence-corrected chi connectivity index (χ3v) is 6.97. The van der Waals surface area contributed by atoms with Crippen molar-refractivity contribution in [1.82, 2.24) is 15.4 Å². The smallest absolute Gasteiger partial charge is 0.252 e. The minimum Gasteiger partial charge on any atom is -0.361 e. The van der Waals surface area contributed by atoms with Crippen molar-refractivity contribution in [2.45, 2.75) is 71.5 Å².